The number of fused-ring (bicyclic) bond motifs is 1. The largest absolute Gasteiger partial charge is 0.320 e. The van der Waals surface area contributed by atoms with Crippen molar-refractivity contribution < 1.29 is 0 Å². The summed E-state index contributed by atoms with van der Waals surface area (Å²) in [5.74, 6) is 0. The van der Waals surface area contributed by atoms with E-state index in [2.05, 4.69) is 10.6 Å². The van der Waals surface area contributed by atoms with Gasteiger partial charge in [0.1, 0.15) is 0 Å². The zero-order chi connectivity index (χ0) is 14.4. The number of pyridine rings is 1. The highest BCUT2D eigenvalue weighted by atomic mass is 16.1. The minimum absolute atomic E-state index is 0.134. The van der Waals surface area contributed by atoms with Crippen molar-refractivity contribution in [1.82, 2.24) is 4.57 Å². The molecule has 0 aliphatic heterocycles. The van der Waals surface area contributed by atoms with Crippen LogP contribution in [0.4, 0.5) is 0 Å². The maximum atomic E-state index is 12.9. The third kappa shape index (κ3) is 2.12. The lowest BCUT2D eigenvalue weighted by Crippen LogP contribution is -2.30. The molecule has 3 heteroatoms. The monoisotopic (exact) mass is 280 g/mol. The molecule has 1 saturated carbocycles. The fourth-order valence-electron chi connectivity index (χ4n) is 3.47. The molecule has 2 N–H and O–H groups in total. The third-order valence-corrected chi connectivity index (χ3v) is 4.72. The van der Waals surface area contributed by atoms with Gasteiger partial charge in [-0.15, -0.1) is 0 Å². The smallest absolute Gasteiger partial charge is 0.256 e. The van der Waals surface area contributed by atoms with E-state index < -0.39 is 0 Å². The lowest BCUT2D eigenvalue weighted by atomic mass is 9.98. The van der Waals surface area contributed by atoms with Crippen molar-refractivity contribution in [1.29, 1.82) is 0 Å². The fraction of sp³-hybridized carbons (Fsp3) is 0.389. The fourth-order valence-corrected chi connectivity index (χ4v) is 3.47. The minimum atomic E-state index is -0.324. The molecule has 1 aromatic carbocycles. The van der Waals surface area contributed by atoms with Gasteiger partial charge in [0.2, 0.25) is 0 Å². The summed E-state index contributed by atoms with van der Waals surface area (Å²) < 4.78 is 2.06. The van der Waals surface area contributed by atoms with Crippen molar-refractivity contribution in [3.05, 3.63) is 69.1 Å². The van der Waals surface area contributed by atoms with Crippen LogP contribution < -0.4 is 11.3 Å². The summed E-state index contributed by atoms with van der Waals surface area (Å²) in [4.78, 5) is 12.9. The van der Waals surface area contributed by atoms with Gasteiger partial charge in [0, 0.05) is 17.3 Å². The molecule has 4 rings (SSSR count). The van der Waals surface area contributed by atoms with Crippen molar-refractivity contribution in [3.8, 4) is 0 Å². The molecule has 0 spiro atoms. The second-order valence-electron chi connectivity index (χ2n) is 6.22. The number of benzene rings is 1. The first-order valence-electron chi connectivity index (χ1n) is 7.83. The first kappa shape index (κ1) is 12.8. The van der Waals surface area contributed by atoms with Crippen LogP contribution in [0.2, 0.25) is 0 Å². The Morgan fingerprint density at radius 1 is 1.14 bits per heavy atom. The highest BCUT2D eigenvalue weighted by molar-refractivity contribution is 5.37. The first-order chi connectivity index (χ1) is 10.3. The van der Waals surface area contributed by atoms with Crippen LogP contribution in [-0.2, 0) is 12.8 Å². The van der Waals surface area contributed by atoms with Gasteiger partial charge in [-0.3, -0.25) is 4.79 Å². The molecule has 2 aliphatic carbocycles. The van der Waals surface area contributed by atoms with Gasteiger partial charge >= 0.3 is 0 Å². The van der Waals surface area contributed by atoms with Crippen molar-refractivity contribution in [3.63, 3.8) is 0 Å². The molecule has 1 atom stereocenters. The molecule has 0 radical (unpaired) electrons. The zero-order valence-corrected chi connectivity index (χ0v) is 12.1. The van der Waals surface area contributed by atoms with Gasteiger partial charge in [-0.2, -0.15) is 0 Å². The molecule has 1 heterocycles. The topological polar surface area (TPSA) is 48.0 Å². The quantitative estimate of drug-likeness (QED) is 0.939. The highest BCUT2D eigenvalue weighted by Crippen LogP contribution is 2.37. The molecule has 0 amide bonds. The number of hydrogen-bond donors (Lipinski definition) is 1. The molecule has 2 aliphatic rings. The molecule has 1 fully saturated rings. The third-order valence-electron chi connectivity index (χ3n) is 4.72. The van der Waals surface area contributed by atoms with Crippen molar-refractivity contribution >= 4 is 0 Å². The van der Waals surface area contributed by atoms with E-state index in [1.165, 1.54) is 11.3 Å². The molecule has 0 saturated heterocycles. The Balaban J connectivity index is 1.86. The summed E-state index contributed by atoms with van der Waals surface area (Å²) in [5, 5.41) is 0. The highest BCUT2D eigenvalue weighted by Gasteiger charge is 2.31. The Morgan fingerprint density at radius 3 is 2.62 bits per heavy atom. The SMILES string of the molecule is NC(c1ccccc1)c1cc2c(n(C3CC3)c1=O)CCC2. The molecule has 21 heavy (non-hydrogen) atoms. The predicted molar refractivity (Wildman–Crippen MR) is 83.5 cm³/mol. The summed E-state index contributed by atoms with van der Waals surface area (Å²) in [6, 6.07) is 12.1. The second kappa shape index (κ2) is 4.85. The lowest BCUT2D eigenvalue weighted by molar-refractivity contribution is 0.648. The molecule has 3 nitrogen and oxygen atoms in total. The molecular weight excluding hydrogens is 260 g/mol. The van der Waals surface area contributed by atoms with Crippen LogP contribution in [-0.4, -0.2) is 4.57 Å². The van der Waals surface area contributed by atoms with Gasteiger partial charge < -0.3 is 10.3 Å². The Kier molecular flexibility index (Phi) is 2.96. The van der Waals surface area contributed by atoms with Gasteiger partial charge in [0.15, 0.2) is 0 Å². The summed E-state index contributed by atoms with van der Waals surface area (Å²) in [7, 11) is 0. The van der Waals surface area contributed by atoms with Crippen LogP contribution in [0.15, 0.2) is 41.2 Å². The van der Waals surface area contributed by atoms with E-state index in [1.54, 1.807) is 0 Å². The summed E-state index contributed by atoms with van der Waals surface area (Å²) >= 11 is 0. The van der Waals surface area contributed by atoms with Crippen molar-refractivity contribution in [2.75, 3.05) is 0 Å². The van der Waals surface area contributed by atoms with E-state index in [9.17, 15) is 4.79 Å². The standard InChI is InChI=1S/C18H20N2O/c19-17(12-5-2-1-3-6-12)15-11-13-7-4-8-16(13)20(18(15)21)14-9-10-14/h1-3,5-6,11,14,17H,4,7-10,19H2. The van der Waals surface area contributed by atoms with Gasteiger partial charge in [-0.1, -0.05) is 30.3 Å². The van der Waals surface area contributed by atoms with Gasteiger partial charge in [-0.05, 0) is 49.3 Å². The Hall–Kier alpha value is -1.87. The Bertz CT molecular complexity index is 729. The maximum Gasteiger partial charge on any atom is 0.256 e. The molecular formula is C18H20N2O. The average molecular weight is 280 g/mol. The second-order valence-corrected chi connectivity index (χ2v) is 6.22. The van der Waals surface area contributed by atoms with E-state index in [0.717, 1.165) is 43.2 Å². The van der Waals surface area contributed by atoms with Gasteiger partial charge in [0.25, 0.3) is 5.56 Å². The van der Waals surface area contributed by atoms with Crippen molar-refractivity contribution in [2.24, 2.45) is 5.73 Å². The number of hydrogen-bond acceptors (Lipinski definition) is 2. The first-order valence-corrected chi connectivity index (χ1v) is 7.83. The van der Waals surface area contributed by atoms with E-state index in [4.69, 9.17) is 5.73 Å². The van der Waals surface area contributed by atoms with Crippen LogP contribution in [0.5, 0.6) is 0 Å². The Labute approximate surface area is 124 Å². The van der Waals surface area contributed by atoms with Gasteiger partial charge in [0.05, 0.1) is 6.04 Å². The van der Waals surface area contributed by atoms with Crippen LogP contribution >= 0.6 is 0 Å². The van der Waals surface area contributed by atoms with E-state index in [1.807, 2.05) is 30.3 Å². The van der Waals surface area contributed by atoms with E-state index in [-0.39, 0.29) is 11.6 Å². The number of aromatic nitrogens is 1. The number of nitrogens with zero attached hydrogens (tertiary/aromatic N) is 1. The van der Waals surface area contributed by atoms with Crippen LogP contribution in [0.3, 0.4) is 0 Å². The average Bonchev–Trinajstić information content (AvgIpc) is 3.24. The molecule has 1 unspecified atom stereocenters. The van der Waals surface area contributed by atoms with Crippen LogP contribution in [0.25, 0.3) is 0 Å². The van der Waals surface area contributed by atoms with E-state index in [0.29, 0.717) is 6.04 Å². The van der Waals surface area contributed by atoms with Crippen LogP contribution in [0.1, 0.15) is 53.7 Å². The van der Waals surface area contributed by atoms with Crippen molar-refractivity contribution in [2.45, 2.75) is 44.2 Å². The molecule has 0 bridgehead atoms. The summed E-state index contributed by atoms with van der Waals surface area (Å²) in [6.07, 6.45) is 5.55. The lowest BCUT2D eigenvalue weighted by Gasteiger charge is -2.18. The molecule has 1 aromatic heterocycles. The van der Waals surface area contributed by atoms with Gasteiger partial charge in [-0.25, -0.2) is 0 Å². The predicted octanol–water partition coefficient (Wildman–Crippen LogP) is 2.72. The Morgan fingerprint density at radius 2 is 1.90 bits per heavy atom. The minimum Gasteiger partial charge on any atom is -0.320 e. The summed E-state index contributed by atoms with van der Waals surface area (Å²) in [5.41, 5.74) is 10.9. The molecule has 2 aromatic rings. The number of nitrogens with two attached hydrogens (primary N) is 1. The van der Waals surface area contributed by atoms with Crippen LogP contribution in [0, 0.1) is 0 Å². The normalized spacial score (nSPS) is 18.5. The zero-order valence-electron chi connectivity index (χ0n) is 12.1. The molecule has 108 valence electrons. The van der Waals surface area contributed by atoms with E-state index >= 15 is 0 Å². The maximum absolute atomic E-state index is 12.9. The number of aryl methyl sites for hydroxylation is 1. The number of rotatable bonds is 3. The summed E-state index contributed by atoms with van der Waals surface area (Å²) in [6.45, 7) is 0.